The third-order valence-electron chi connectivity index (χ3n) is 4.73. The third-order valence-corrected chi connectivity index (χ3v) is 5.84. The van der Waals surface area contributed by atoms with Crippen molar-refractivity contribution in [1.82, 2.24) is 4.98 Å². The zero-order valence-corrected chi connectivity index (χ0v) is 17.2. The number of methoxy groups -OCH3 is 1. The van der Waals surface area contributed by atoms with Gasteiger partial charge in [0.05, 0.1) is 18.5 Å². The predicted octanol–water partition coefficient (Wildman–Crippen LogP) is 4.68. The number of aryl methyl sites for hydroxylation is 1. The molecule has 0 bridgehead atoms. The van der Waals surface area contributed by atoms with E-state index >= 15 is 0 Å². The maximum atomic E-state index is 12.9. The first-order valence-corrected chi connectivity index (χ1v) is 10.0. The minimum absolute atomic E-state index is 0.129. The van der Waals surface area contributed by atoms with Crippen molar-refractivity contribution in [2.45, 2.75) is 6.92 Å². The van der Waals surface area contributed by atoms with Crippen LogP contribution in [0, 0.1) is 6.92 Å². The minimum atomic E-state index is -0.336. The number of hydrogen-bond donors (Lipinski definition) is 2. The van der Waals surface area contributed by atoms with Crippen LogP contribution in [-0.2, 0) is 0 Å². The number of carbonyl (C=O) groups excluding carboxylic acids is 2. The van der Waals surface area contributed by atoms with E-state index in [0.29, 0.717) is 49.0 Å². The zero-order valence-electron chi connectivity index (χ0n) is 16.4. The molecule has 1 amide bonds. The van der Waals surface area contributed by atoms with Gasteiger partial charge in [0, 0.05) is 28.3 Å². The van der Waals surface area contributed by atoms with Gasteiger partial charge in [0.15, 0.2) is 5.78 Å². The number of nitrogens with zero attached hydrogens (tertiary/aromatic N) is 1. The fourth-order valence-corrected chi connectivity index (χ4v) is 4.18. The number of nitrogen functional groups attached to an aromatic ring is 1. The Balaban J connectivity index is 1.70. The number of hydrogen-bond acceptors (Lipinski definition) is 6. The Kier molecular flexibility index (Phi) is 5.20. The Morgan fingerprint density at radius 2 is 1.83 bits per heavy atom. The van der Waals surface area contributed by atoms with Gasteiger partial charge >= 0.3 is 0 Å². The van der Waals surface area contributed by atoms with Gasteiger partial charge in [-0.25, -0.2) is 4.98 Å². The molecule has 0 fully saturated rings. The van der Waals surface area contributed by atoms with Crippen molar-refractivity contribution in [1.29, 1.82) is 0 Å². The smallest absolute Gasteiger partial charge is 0.267 e. The Morgan fingerprint density at radius 1 is 1.07 bits per heavy atom. The maximum Gasteiger partial charge on any atom is 0.267 e. The van der Waals surface area contributed by atoms with Crippen molar-refractivity contribution in [2.24, 2.45) is 0 Å². The highest BCUT2D eigenvalue weighted by molar-refractivity contribution is 7.21. The van der Waals surface area contributed by atoms with Crippen LogP contribution >= 0.6 is 11.3 Å². The molecular formula is C23H19N3O3S. The lowest BCUT2D eigenvalue weighted by Crippen LogP contribution is -2.12. The van der Waals surface area contributed by atoms with E-state index in [2.05, 4.69) is 10.3 Å². The lowest BCUT2D eigenvalue weighted by molar-refractivity contribution is 0.102. The lowest BCUT2D eigenvalue weighted by atomic mass is 10.0. The number of ether oxygens (including phenoxy) is 1. The van der Waals surface area contributed by atoms with E-state index in [4.69, 9.17) is 10.5 Å². The summed E-state index contributed by atoms with van der Waals surface area (Å²) in [7, 11) is 1.56. The molecule has 0 atom stereocenters. The van der Waals surface area contributed by atoms with Crippen molar-refractivity contribution < 1.29 is 14.3 Å². The molecule has 4 aromatic rings. The first-order valence-electron chi connectivity index (χ1n) is 9.22. The van der Waals surface area contributed by atoms with Crippen molar-refractivity contribution in [3.05, 3.63) is 82.4 Å². The van der Waals surface area contributed by atoms with Crippen molar-refractivity contribution >= 4 is 44.6 Å². The molecule has 30 heavy (non-hydrogen) atoms. The molecule has 2 aromatic heterocycles. The fraction of sp³-hybridized carbons (Fsp3) is 0.0870. The second-order valence-corrected chi connectivity index (χ2v) is 7.70. The molecule has 7 heteroatoms. The van der Waals surface area contributed by atoms with Crippen LogP contribution in [0.15, 0.2) is 60.7 Å². The summed E-state index contributed by atoms with van der Waals surface area (Å²) in [6.45, 7) is 1.78. The number of carbonyl (C=O) groups is 2. The second-order valence-electron chi connectivity index (χ2n) is 6.70. The van der Waals surface area contributed by atoms with Crippen LogP contribution in [-0.4, -0.2) is 23.8 Å². The standard InChI is InChI=1S/C23H19N3O3S/c1-13-17(20(27)14-7-4-3-5-8-14)12-18-19(24)21(30-23(18)25-13)22(28)26-15-9-6-10-16(11-15)29-2/h3-12H,24H2,1-2H3,(H,26,28). The van der Waals surface area contributed by atoms with Gasteiger partial charge in [0.1, 0.15) is 15.5 Å². The molecular weight excluding hydrogens is 398 g/mol. The number of fused-ring (bicyclic) bond motifs is 1. The Labute approximate surface area is 177 Å². The molecule has 0 aliphatic rings. The first kappa shape index (κ1) is 19.6. The summed E-state index contributed by atoms with van der Waals surface area (Å²) < 4.78 is 5.18. The predicted molar refractivity (Wildman–Crippen MR) is 120 cm³/mol. The summed E-state index contributed by atoms with van der Waals surface area (Å²) >= 11 is 1.20. The number of benzene rings is 2. The number of ketones is 1. The highest BCUT2D eigenvalue weighted by atomic mass is 32.1. The number of thiophene rings is 1. The molecule has 0 radical (unpaired) electrons. The lowest BCUT2D eigenvalue weighted by Gasteiger charge is -2.06. The number of anilines is 2. The van der Waals surface area contributed by atoms with Gasteiger partial charge < -0.3 is 15.8 Å². The van der Waals surface area contributed by atoms with E-state index in [0.717, 1.165) is 0 Å². The molecule has 3 N–H and O–H groups in total. The Morgan fingerprint density at radius 3 is 2.57 bits per heavy atom. The molecule has 4 rings (SSSR count). The van der Waals surface area contributed by atoms with Crippen LogP contribution in [0.1, 0.15) is 31.3 Å². The maximum absolute atomic E-state index is 12.9. The summed E-state index contributed by atoms with van der Waals surface area (Å²) in [5.41, 5.74) is 8.83. The average Bonchev–Trinajstić information content (AvgIpc) is 3.09. The monoisotopic (exact) mass is 417 g/mol. The summed E-state index contributed by atoms with van der Waals surface area (Å²) in [6.07, 6.45) is 0. The zero-order chi connectivity index (χ0) is 21.3. The van der Waals surface area contributed by atoms with E-state index < -0.39 is 0 Å². The minimum Gasteiger partial charge on any atom is -0.497 e. The number of amides is 1. The molecule has 0 saturated heterocycles. The molecule has 6 nitrogen and oxygen atoms in total. The van der Waals surface area contributed by atoms with E-state index in [9.17, 15) is 9.59 Å². The topological polar surface area (TPSA) is 94.3 Å². The van der Waals surface area contributed by atoms with Crippen molar-refractivity contribution in [3.8, 4) is 5.75 Å². The highest BCUT2D eigenvalue weighted by Gasteiger charge is 2.21. The Hall–Kier alpha value is -3.71. The molecule has 0 saturated carbocycles. The van der Waals surface area contributed by atoms with Gasteiger partial charge in [-0.15, -0.1) is 11.3 Å². The molecule has 0 spiro atoms. The van der Waals surface area contributed by atoms with Gasteiger partial charge in [-0.2, -0.15) is 0 Å². The van der Waals surface area contributed by atoms with E-state index in [-0.39, 0.29) is 11.7 Å². The van der Waals surface area contributed by atoms with Gasteiger partial charge in [-0.1, -0.05) is 36.4 Å². The summed E-state index contributed by atoms with van der Waals surface area (Å²) in [6, 6.07) is 17.8. The fourth-order valence-electron chi connectivity index (χ4n) is 3.16. The van der Waals surface area contributed by atoms with E-state index in [1.807, 2.05) is 18.2 Å². The van der Waals surface area contributed by atoms with E-state index in [1.165, 1.54) is 11.3 Å². The van der Waals surface area contributed by atoms with Crippen LogP contribution in [0.25, 0.3) is 10.2 Å². The number of rotatable bonds is 5. The third kappa shape index (κ3) is 3.62. The van der Waals surface area contributed by atoms with Gasteiger partial charge in [0.2, 0.25) is 0 Å². The number of nitrogens with two attached hydrogens (primary N) is 1. The molecule has 0 aliphatic carbocycles. The SMILES string of the molecule is COc1cccc(NC(=O)c2sc3nc(C)c(C(=O)c4ccccc4)cc3c2N)c1. The van der Waals surface area contributed by atoms with Crippen LogP contribution in [0.5, 0.6) is 5.75 Å². The van der Waals surface area contributed by atoms with Crippen LogP contribution in [0.4, 0.5) is 11.4 Å². The number of pyridine rings is 1. The molecule has 0 unspecified atom stereocenters. The van der Waals surface area contributed by atoms with Gasteiger partial charge in [0.25, 0.3) is 5.91 Å². The highest BCUT2D eigenvalue weighted by Crippen LogP contribution is 2.35. The van der Waals surface area contributed by atoms with Crippen molar-refractivity contribution in [2.75, 3.05) is 18.2 Å². The number of nitrogens with one attached hydrogen (secondary N) is 1. The molecule has 2 aromatic carbocycles. The molecule has 150 valence electrons. The van der Waals surface area contributed by atoms with Gasteiger partial charge in [-0.05, 0) is 25.1 Å². The summed E-state index contributed by atoms with van der Waals surface area (Å²) in [4.78, 5) is 31.2. The second kappa shape index (κ2) is 7.96. The Bertz CT molecular complexity index is 1270. The van der Waals surface area contributed by atoms with Gasteiger partial charge in [-0.3, -0.25) is 9.59 Å². The molecule has 2 heterocycles. The first-order chi connectivity index (χ1) is 14.5. The molecule has 0 aliphatic heterocycles. The average molecular weight is 417 g/mol. The van der Waals surface area contributed by atoms with Crippen LogP contribution in [0.3, 0.4) is 0 Å². The van der Waals surface area contributed by atoms with E-state index in [1.54, 1.807) is 56.5 Å². The quantitative estimate of drug-likeness (QED) is 0.460. The summed E-state index contributed by atoms with van der Waals surface area (Å²) in [5, 5.41) is 3.43. The van der Waals surface area contributed by atoms with Crippen LogP contribution in [0.2, 0.25) is 0 Å². The largest absolute Gasteiger partial charge is 0.497 e. The van der Waals surface area contributed by atoms with Crippen molar-refractivity contribution in [3.63, 3.8) is 0 Å². The number of aromatic nitrogens is 1. The van der Waals surface area contributed by atoms with Crippen LogP contribution < -0.4 is 15.8 Å². The normalized spacial score (nSPS) is 10.7. The summed E-state index contributed by atoms with van der Waals surface area (Å²) in [5.74, 6) is 0.172.